The monoisotopic (exact) mass is 442 g/mol. The van der Waals surface area contributed by atoms with E-state index in [0.717, 1.165) is 0 Å². The first-order chi connectivity index (χ1) is 14.5. The minimum Gasteiger partial charge on any atom is -0.478 e. The van der Waals surface area contributed by atoms with Gasteiger partial charge in [-0.1, -0.05) is 6.42 Å². The minimum absolute atomic E-state index is 0.0941. The van der Waals surface area contributed by atoms with Gasteiger partial charge in [-0.3, -0.25) is 24.0 Å². The van der Waals surface area contributed by atoms with Crippen LogP contribution in [0, 0.1) is 0 Å². The standard InChI is InChI=1S/C18H30N6O7/c1-10(20)15(28)22-11(7-8-12(21)25)16(29)23-18(9-19,17(30)31)24-13(26)5-3-2-4-6-14(24)27/h10-11H,2-9,19-20H2,1H3,(H2,21,25)(H,22,28)(H,23,29)(H,30,31)/t10-,11+,18+/m0/s1. The van der Waals surface area contributed by atoms with Crippen LogP contribution in [0.2, 0.25) is 0 Å². The van der Waals surface area contributed by atoms with Crippen molar-refractivity contribution >= 4 is 35.5 Å². The first-order valence-electron chi connectivity index (χ1n) is 9.92. The fourth-order valence-electron chi connectivity index (χ4n) is 3.10. The lowest BCUT2D eigenvalue weighted by Gasteiger charge is -2.40. The number of hydrogen-bond donors (Lipinski definition) is 6. The van der Waals surface area contributed by atoms with E-state index in [-0.39, 0.29) is 25.7 Å². The van der Waals surface area contributed by atoms with Crippen LogP contribution < -0.4 is 27.8 Å². The van der Waals surface area contributed by atoms with Crippen molar-refractivity contribution in [1.82, 2.24) is 15.5 Å². The molecule has 13 heteroatoms. The summed E-state index contributed by atoms with van der Waals surface area (Å²) < 4.78 is 0. The van der Waals surface area contributed by atoms with E-state index in [4.69, 9.17) is 17.2 Å². The molecular weight excluding hydrogens is 412 g/mol. The van der Waals surface area contributed by atoms with Gasteiger partial charge in [0.2, 0.25) is 35.2 Å². The Morgan fingerprint density at radius 3 is 2.06 bits per heavy atom. The van der Waals surface area contributed by atoms with Crippen LogP contribution in [0.1, 0.15) is 51.9 Å². The number of rotatable bonds is 10. The van der Waals surface area contributed by atoms with E-state index in [9.17, 15) is 33.9 Å². The number of carboxylic acids is 1. The summed E-state index contributed by atoms with van der Waals surface area (Å²) in [4.78, 5) is 73.9. The Morgan fingerprint density at radius 2 is 1.65 bits per heavy atom. The molecule has 1 heterocycles. The van der Waals surface area contributed by atoms with Crippen molar-refractivity contribution in [2.24, 2.45) is 17.2 Å². The number of likely N-dealkylation sites (tertiary alicyclic amines) is 1. The number of carbonyl (C=O) groups excluding carboxylic acids is 5. The molecule has 3 atom stereocenters. The fraction of sp³-hybridized carbons (Fsp3) is 0.667. The number of amides is 5. The maximum absolute atomic E-state index is 12.9. The number of carboxylic acid groups (broad SMARTS) is 1. The van der Waals surface area contributed by atoms with Crippen LogP contribution in [0.25, 0.3) is 0 Å². The van der Waals surface area contributed by atoms with Gasteiger partial charge in [0.15, 0.2) is 0 Å². The molecule has 1 fully saturated rings. The van der Waals surface area contributed by atoms with Gasteiger partial charge in [0.1, 0.15) is 6.04 Å². The van der Waals surface area contributed by atoms with E-state index in [1.54, 1.807) is 0 Å². The van der Waals surface area contributed by atoms with E-state index < -0.39 is 59.8 Å². The second-order valence-corrected chi connectivity index (χ2v) is 7.40. The second-order valence-electron chi connectivity index (χ2n) is 7.40. The summed E-state index contributed by atoms with van der Waals surface area (Å²) in [5.41, 5.74) is 13.7. The highest BCUT2D eigenvalue weighted by molar-refractivity contribution is 6.03. The third-order valence-electron chi connectivity index (χ3n) is 4.87. The van der Waals surface area contributed by atoms with Gasteiger partial charge in [-0.25, -0.2) is 9.69 Å². The van der Waals surface area contributed by atoms with Crippen LogP contribution in [-0.4, -0.2) is 69.8 Å². The zero-order valence-electron chi connectivity index (χ0n) is 17.4. The molecule has 1 aliphatic heterocycles. The van der Waals surface area contributed by atoms with Crippen molar-refractivity contribution < 1.29 is 33.9 Å². The quantitative estimate of drug-likeness (QED) is 0.192. The SMILES string of the molecule is C[C@H](N)C(=O)N[C@H](CCC(N)=O)C(=O)N[C@@](CN)(C(=O)O)N1C(=O)CCCCCC1=O. The molecule has 31 heavy (non-hydrogen) atoms. The van der Waals surface area contributed by atoms with Crippen LogP contribution in [0.4, 0.5) is 0 Å². The third kappa shape index (κ3) is 6.72. The number of hydrogen-bond acceptors (Lipinski definition) is 8. The van der Waals surface area contributed by atoms with Crippen molar-refractivity contribution in [2.45, 2.75) is 69.6 Å². The molecule has 174 valence electrons. The van der Waals surface area contributed by atoms with E-state index in [2.05, 4.69) is 10.6 Å². The summed E-state index contributed by atoms with van der Waals surface area (Å²) in [7, 11) is 0. The van der Waals surface area contributed by atoms with E-state index in [1.807, 2.05) is 0 Å². The van der Waals surface area contributed by atoms with Crippen molar-refractivity contribution in [3.63, 3.8) is 0 Å². The van der Waals surface area contributed by atoms with Gasteiger partial charge in [-0.15, -0.1) is 0 Å². The molecule has 13 nitrogen and oxygen atoms in total. The predicted molar refractivity (Wildman–Crippen MR) is 107 cm³/mol. The van der Waals surface area contributed by atoms with Gasteiger partial charge in [0.25, 0.3) is 0 Å². The van der Waals surface area contributed by atoms with Crippen LogP contribution in [0.3, 0.4) is 0 Å². The normalized spacial score (nSPS) is 18.7. The Hall–Kier alpha value is -3.06. The Labute approximate surface area is 179 Å². The van der Waals surface area contributed by atoms with Gasteiger partial charge in [-0.05, 0) is 26.2 Å². The lowest BCUT2D eigenvalue weighted by Crippen LogP contribution is -2.73. The van der Waals surface area contributed by atoms with E-state index in [0.29, 0.717) is 24.2 Å². The molecule has 0 aromatic heterocycles. The topological polar surface area (TPSA) is 228 Å². The van der Waals surface area contributed by atoms with Crippen molar-refractivity contribution in [3.8, 4) is 0 Å². The van der Waals surface area contributed by atoms with Gasteiger partial charge in [-0.2, -0.15) is 0 Å². The largest absolute Gasteiger partial charge is 0.478 e. The highest BCUT2D eigenvalue weighted by Gasteiger charge is 2.51. The lowest BCUT2D eigenvalue weighted by molar-refractivity contribution is -0.170. The summed E-state index contributed by atoms with van der Waals surface area (Å²) >= 11 is 0. The van der Waals surface area contributed by atoms with Gasteiger partial charge in [0.05, 0.1) is 6.04 Å². The van der Waals surface area contributed by atoms with Gasteiger partial charge in [0, 0.05) is 25.8 Å². The molecule has 1 saturated heterocycles. The molecule has 0 aromatic rings. The average molecular weight is 442 g/mol. The maximum Gasteiger partial charge on any atom is 0.352 e. The zero-order valence-corrected chi connectivity index (χ0v) is 17.4. The summed E-state index contributed by atoms with van der Waals surface area (Å²) in [6.45, 7) is 0.548. The number of nitrogens with zero attached hydrogens (tertiary/aromatic N) is 1. The Kier molecular flexibility index (Phi) is 9.52. The number of aliphatic carboxylic acids is 1. The number of primary amides is 1. The smallest absolute Gasteiger partial charge is 0.352 e. The van der Waals surface area contributed by atoms with Crippen LogP contribution in [-0.2, 0) is 28.8 Å². The first-order valence-corrected chi connectivity index (χ1v) is 9.92. The summed E-state index contributed by atoms with van der Waals surface area (Å²) in [6.07, 6.45) is 0.764. The molecule has 0 aliphatic carbocycles. The highest BCUT2D eigenvalue weighted by atomic mass is 16.4. The first kappa shape index (κ1) is 26.0. The number of nitrogens with one attached hydrogen (secondary N) is 2. The van der Waals surface area contributed by atoms with Crippen LogP contribution >= 0.6 is 0 Å². The molecule has 0 spiro atoms. The van der Waals surface area contributed by atoms with Crippen molar-refractivity contribution in [2.75, 3.05) is 6.54 Å². The van der Waals surface area contributed by atoms with Gasteiger partial charge >= 0.3 is 5.97 Å². The van der Waals surface area contributed by atoms with Gasteiger partial charge < -0.3 is 32.9 Å². The highest BCUT2D eigenvalue weighted by Crippen LogP contribution is 2.21. The Bertz CT molecular complexity index is 723. The Balaban J connectivity index is 3.29. The predicted octanol–water partition coefficient (Wildman–Crippen LogP) is -2.74. The molecule has 0 saturated carbocycles. The van der Waals surface area contributed by atoms with E-state index >= 15 is 0 Å². The molecule has 5 amide bonds. The van der Waals surface area contributed by atoms with Crippen molar-refractivity contribution in [3.05, 3.63) is 0 Å². The number of imide groups is 1. The molecular formula is C18H30N6O7. The molecule has 1 rings (SSSR count). The molecule has 0 unspecified atom stereocenters. The number of nitrogens with two attached hydrogens (primary N) is 3. The summed E-state index contributed by atoms with van der Waals surface area (Å²) in [6, 6.07) is -2.41. The Morgan fingerprint density at radius 1 is 1.10 bits per heavy atom. The van der Waals surface area contributed by atoms with Crippen LogP contribution in [0.5, 0.6) is 0 Å². The molecule has 0 aromatic carbocycles. The minimum atomic E-state index is -2.56. The molecule has 0 bridgehead atoms. The van der Waals surface area contributed by atoms with Crippen molar-refractivity contribution in [1.29, 1.82) is 0 Å². The third-order valence-corrected chi connectivity index (χ3v) is 4.87. The fourth-order valence-corrected chi connectivity index (χ4v) is 3.10. The molecule has 9 N–H and O–H groups in total. The number of carbonyl (C=O) groups is 6. The summed E-state index contributed by atoms with van der Waals surface area (Å²) in [5.74, 6) is -5.86. The average Bonchev–Trinajstić information content (AvgIpc) is 2.68. The second kappa shape index (κ2) is 11.4. The van der Waals surface area contributed by atoms with Crippen LogP contribution in [0.15, 0.2) is 0 Å². The lowest BCUT2D eigenvalue weighted by atomic mass is 10.0. The maximum atomic E-state index is 12.9. The van der Waals surface area contributed by atoms with E-state index in [1.165, 1.54) is 6.92 Å². The molecule has 0 radical (unpaired) electrons. The molecule has 1 aliphatic rings. The summed E-state index contributed by atoms with van der Waals surface area (Å²) in [5, 5.41) is 14.3. The zero-order chi connectivity index (χ0) is 23.8.